The molecule has 0 aliphatic heterocycles. The zero-order valence-corrected chi connectivity index (χ0v) is 13.7. The Morgan fingerprint density at radius 1 is 1.35 bits per heavy atom. The third-order valence-corrected chi connectivity index (χ3v) is 4.84. The molecule has 0 unspecified atom stereocenters. The van der Waals surface area contributed by atoms with Gasteiger partial charge in [-0.1, -0.05) is 28.8 Å². The Morgan fingerprint density at radius 3 is 2.43 bits per heavy atom. The topological polar surface area (TPSA) is 95.3 Å². The molecule has 1 fully saturated rings. The van der Waals surface area contributed by atoms with Crippen molar-refractivity contribution in [2.75, 3.05) is 7.11 Å². The smallest absolute Gasteiger partial charge is 0.313 e. The number of ether oxygens (including phenoxy) is 1. The van der Waals surface area contributed by atoms with E-state index in [0.717, 1.165) is 31.2 Å². The fourth-order valence-corrected chi connectivity index (χ4v) is 3.54. The quantitative estimate of drug-likeness (QED) is 0.473. The molecule has 1 aromatic rings. The number of benzene rings is 1. The molecule has 0 radical (unpaired) electrons. The average molecular weight is 338 g/mol. The van der Waals surface area contributed by atoms with E-state index in [1.54, 1.807) is 19.2 Å². The van der Waals surface area contributed by atoms with Crippen LogP contribution in [0.25, 0.3) is 10.4 Å². The van der Waals surface area contributed by atoms with Crippen LogP contribution in [0.3, 0.4) is 0 Å². The number of nitrogens with zero attached hydrogens (tertiary/aromatic N) is 3. The number of carboxylic acids is 1. The minimum atomic E-state index is -1.12. The van der Waals surface area contributed by atoms with Gasteiger partial charge in [0.25, 0.3) is 0 Å². The fourth-order valence-electron chi connectivity index (χ4n) is 3.41. The first kappa shape index (κ1) is 17.6. The van der Waals surface area contributed by atoms with Gasteiger partial charge in [0.2, 0.25) is 0 Å². The Hall–Kier alpha value is -1.75. The van der Waals surface area contributed by atoms with E-state index >= 15 is 0 Å². The Balaban J connectivity index is 2.32. The van der Waals surface area contributed by atoms with E-state index in [4.69, 9.17) is 21.9 Å². The van der Waals surface area contributed by atoms with Gasteiger partial charge in [0.1, 0.15) is 6.04 Å². The van der Waals surface area contributed by atoms with Crippen molar-refractivity contribution >= 4 is 17.6 Å². The number of carbonyl (C=O) groups is 1. The summed E-state index contributed by atoms with van der Waals surface area (Å²) in [7, 11) is 1.70. The first-order valence-electron chi connectivity index (χ1n) is 7.62. The second kappa shape index (κ2) is 8.20. The van der Waals surface area contributed by atoms with Crippen molar-refractivity contribution in [3.05, 3.63) is 45.3 Å². The summed E-state index contributed by atoms with van der Waals surface area (Å²) in [5, 5.41) is 13.6. The zero-order valence-electron chi connectivity index (χ0n) is 12.9. The summed E-state index contributed by atoms with van der Waals surface area (Å²) in [6.45, 7) is 0. The molecule has 0 heterocycles. The highest BCUT2D eigenvalue weighted by Crippen LogP contribution is 2.40. The van der Waals surface area contributed by atoms with E-state index in [2.05, 4.69) is 10.0 Å². The van der Waals surface area contributed by atoms with Gasteiger partial charge in [-0.2, -0.15) is 0 Å². The molecule has 0 saturated heterocycles. The molecule has 0 spiro atoms. The van der Waals surface area contributed by atoms with Gasteiger partial charge in [-0.25, -0.2) is 0 Å². The summed E-state index contributed by atoms with van der Waals surface area (Å²) in [5.41, 5.74) is 9.60. The molecule has 6 nitrogen and oxygen atoms in total. The van der Waals surface area contributed by atoms with E-state index < -0.39 is 12.0 Å². The lowest BCUT2D eigenvalue weighted by molar-refractivity contribution is -0.139. The predicted octanol–water partition coefficient (Wildman–Crippen LogP) is 4.39. The van der Waals surface area contributed by atoms with Crippen LogP contribution in [-0.2, 0) is 9.53 Å². The van der Waals surface area contributed by atoms with Crippen molar-refractivity contribution in [3.63, 3.8) is 0 Å². The van der Waals surface area contributed by atoms with Crippen LogP contribution in [0.2, 0.25) is 5.02 Å². The standard InChI is InChI=1S/C16H20ClN3O3/c1-23-13-8-4-11(5-9-13)14(15(16(21)22)19-20-18)10-2-6-12(17)7-3-10/h2-3,6-7,11,13-15H,4-5,8-9H2,1H3,(H,21,22)/t11?,13?,14-,15-/m0/s1. The van der Waals surface area contributed by atoms with Gasteiger partial charge in [-0.3, -0.25) is 4.79 Å². The monoisotopic (exact) mass is 337 g/mol. The van der Waals surface area contributed by atoms with Gasteiger partial charge >= 0.3 is 5.97 Å². The highest BCUT2D eigenvalue weighted by molar-refractivity contribution is 6.30. The van der Waals surface area contributed by atoms with Crippen LogP contribution < -0.4 is 0 Å². The average Bonchev–Trinajstić information content (AvgIpc) is 2.56. The van der Waals surface area contributed by atoms with Crippen LogP contribution in [0.4, 0.5) is 0 Å². The lowest BCUT2D eigenvalue weighted by Gasteiger charge is -2.35. The molecule has 7 heteroatoms. The van der Waals surface area contributed by atoms with Gasteiger partial charge in [0.15, 0.2) is 0 Å². The molecule has 0 amide bonds. The van der Waals surface area contributed by atoms with Crippen LogP contribution in [0.15, 0.2) is 29.4 Å². The number of halogens is 1. The minimum Gasteiger partial charge on any atom is -0.481 e. The van der Waals surface area contributed by atoms with E-state index in [0.29, 0.717) is 5.02 Å². The second-order valence-corrected chi connectivity index (χ2v) is 6.27. The zero-order chi connectivity index (χ0) is 16.8. The van der Waals surface area contributed by atoms with Crippen molar-refractivity contribution in [3.8, 4) is 0 Å². The third-order valence-electron chi connectivity index (χ3n) is 4.58. The third kappa shape index (κ3) is 4.38. The van der Waals surface area contributed by atoms with Crippen molar-refractivity contribution in [1.29, 1.82) is 0 Å². The molecule has 1 saturated carbocycles. The number of hydrogen-bond donors (Lipinski definition) is 1. The molecule has 1 aliphatic rings. The van der Waals surface area contributed by atoms with E-state index in [1.807, 2.05) is 12.1 Å². The highest BCUT2D eigenvalue weighted by Gasteiger charge is 2.37. The van der Waals surface area contributed by atoms with Gasteiger partial charge in [-0.15, -0.1) is 0 Å². The largest absolute Gasteiger partial charge is 0.481 e. The van der Waals surface area contributed by atoms with Gasteiger partial charge in [0, 0.05) is 23.0 Å². The maximum absolute atomic E-state index is 11.6. The molecule has 0 aromatic heterocycles. The van der Waals surface area contributed by atoms with Gasteiger partial charge in [0.05, 0.1) is 6.10 Å². The van der Waals surface area contributed by atoms with Crippen molar-refractivity contribution < 1.29 is 14.6 Å². The van der Waals surface area contributed by atoms with E-state index in [1.165, 1.54) is 0 Å². The molecule has 1 aromatic carbocycles. The van der Waals surface area contributed by atoms with Gasteiger partial charge in [-0.05, 0) is 54.8 Å². The maximum Gasteiger partial charge on any atom is 0.313 e. The van der Waals surface area contributed by atoms with Crippen LogP contribution >= 0.6 is 11.6 Å². The molecular formula is C16H20ClN3O3. The van der Waals surface area contributed by atoms with Crippen LogP contribution in [0.1, 0.15) is 37.2 Å². The second-order valence-electron chi connectivity index (χ2n) is 5.84. The van der Waals surface area contributed by atoms with Crippen LogP contribution in [0, 0.1) is 5.92 Å². The first-order chi connectivity index (χ1) is 11.1. The van der Waals surface area contributed by atoms with E-state index in [-0.39, 0.29) is 17.9 Å². The molecule has 124 valence electrons. The molecule has 23 heavy (non-hydrogen) atoms. The van der Waals surface area contributed by atoms with Crippen molar-refractivity contribution in [1.82, 2.24) is 0 Å². The summed E-state index contributed by atoms with van der Waals surface area (Å²) in [6, 6.07) is 5.99. The summed E-state index contributed by atoms with van der Waals surface area (Å²) in [6.07, 6.45) is 3.68. The highest BCUT2D eigenvalue weighted by atomic mass is 35.5. The predicted molar refractivity (Wildman–Crippen MR) is 87.5 cm³/mol. The Labute approximate surface area is 140 Å². The number of carboxylic acid groups (broad SMARTS) is 1. The molecule has 0 bridgehead atoms. The SMILES string of the molecule is COC1CCC([C@H](c2ccc(Cl)cc2)[C@H](N=[N+]=[N-])C(=O)O)CC1. The van der Waals surface area contributed by atoms with Gasteiger partial charge < -0.3 is 9.84 Å². The number of methoxy groups -OCH3 is 1. The van der Waals surface area contributed by atoms with Crippen molar-refractivity contribution in [2.45, 2.75) is 43.7 Å². The number of hydrogen-bond acceptors (Lipinski definition) is 3. The summed E-state index contributed by atoms with van der Waals surface area (Å²) in [4.78, 5) is 14.4. The Morgan fingerprint density at radius 2 is 1.96 bits per heavy atom. The van der Waals surface area contributed by atoms with E-state index in [9.17, 15) is 9.90 Å². The lowest BCUT2D eigenvalue weighted by atomic mass is 9.73. The maximum atomic E-state index is 11.6. The number of azide groups is 1. The normalized spacial score (nSPS) is 23.6. The minimum absolute atomic E-state index is 0.133. The van der Waals surface area contributed by atoms with Crippen LogP contribution in [0.5, 0.6) is 0 Å². The summed E-state index contributed by atoms with van der Waals surface area (Å²) >= 11 is 5.93. The molecule has 2 atom stereocenters. The lowest BCUT2D eigenvalue weighted by Crippen LogP contribution is -2.34. The number of aliphatic carboxylic acids is 1. The molecule has 1 N–H and O–H groups in total. The molecular weight excluding hydrogens is 318 g/mol. The van der Waals surface area contributed by atoms with Crippen LogP contribution in [-0.4, -0.2) is 30.3 Å². The molecule has 2 rings (SSSR count). The summed E-state index contributed by atoms with van der Waals surface area (Å²) in [5.74, 6) is -1.33. The fraction of sp³-hybridized carbons (Fsp3) is 0.562. The summed E-state index contributed by atoms with van der Waals surface area (Å²) < 4.78 is 5.38. The molecule has 1 aliphatic carbocycles. The first-order valence-corrected chi connectivity index (χ1v) is 8.00. The Kier molecular flexibility index (Phi) is 6.28. The Bertz CT molecular complexity index is 577. The van der Waals surface area contributed by atoms with Crippen molar-refractivity contribution in [2.24, 2.45) is 11.0 Å². The number of rotatable bonds is 6.